The Balaban J connectivity index is 2.03. The lowest BCUT2D eigenvalue weighted by molar-refractivity contribution is 0.0697. The van der Waals surface area contributed by atoms with Crippen molar-refractivity contribution in [1.82, 2.24) is 10.3 Å². The lowest BCUT2D eigenvalue weighted by atomic mass is 10.2. The second-order valence-corrected chi connectivity index (χ2v) is 4.19. The van der Waals surface area contributed by atoms with Crippen LogP contribution >= 0.6 is 0 Å². The van der Waals surface area contributed by atoms with Crippen LogP contribution in [0.3, 0.4) is 0 Å². The van der Waals surface area contributed by atoms with Gasteiger partial charge in [-0.2, -0.15) is 0 Å². The van der Waals surface area contributed by atoms with Crippen LogP contribution in [0.15, 0.2) is 22.6 Å². The molecule has 2 heterocycles. The zero-order chi connectivity index (χ0) is 11.8. The van der Waals surface area contributed by atoms with Gasteiger partial charge in [0.1, 0.15) is 5.52 Å². The highest BCUT2D eigenvalue weighted by Crippen LogP contribution is 2.26. The van der Waals surface area contributed by atoms with Gasteiger partial charge in [-0.3, -0.25) is 0 Å². The Morgan fingerprint density at radius 3 is 3.12 bits per heavy atom. The first-order chi connectivity index (χ1) is 8.24. The molecular weight excluding hydrogens is 220 g/mol. The Morgan fingerprint density at radius 2 is 2.41 bits per heavy atom. The fourth-order valence-corrected chi connectivity index (χ4v) is 2.12. The van der Waals surface area contributed by atoms with E-state index in [0.717, 1.165) is 19.4 Å². The third-order valence-corrected chi connectivity index (χ3v) is 3.01. The molecule has 1 unspecified atom stereocenters. The molecule has 17 heavy (non-hydrogen) atoms. The first-order valence-corrected chi connectivity index (χ1v) is 5.61. The minimum atomic E-state index is -0.955. The lowest BCUT2D eigenvalue weighted by Gasteiger charge is -2.02. The van der Waals surface area contributed by atoms with E-state index >= 15 is 0 Å². The van der Waals surface area contributed by atoms with Crippen LogP contribution in [-0.2, 0) is 0 Å². The van der Waals surface area contributed by atoms with Crippen molar-refractivity contribution in [2.75, 3.05) is 6.54 Å². The van der Waals surface area contributed by atoms with Gasteiger partial charge < -0.3 is 14.8 Å². The SMILES string of the molecule is O=C(O)c1ccc2nc(C3CCCN3)oc2c1. The minimum absolute atomic E-state index is 0.163. The lowest BCUT2D eigenvalue weighted by Crippen LogP contribution is -2.12. The molecular formula is C12H12N2O3. The summed E-state index contributed by atoms with van der Waals surface area (Å²) < 4.78 is 5.61. The number of nitrogens with one attached hydrogen (secondary N) is 1. The predicted octanol–water partition coefficient (Wildman–Crippen LogP) is 1.95. The molecule has 5 nitrogen and oxygen atoms in total. The van der Waals surface area contributed by atoms with Gasteiger partial charge in [-0.05, 0) is 37.6 Å². The van der Waals surface area contributed by atoms with E-state index in [0.29, 0.717) is 17.0 Å². The average Bonchev–Trinajstić information content (AvgIpc) is 2.96. The average molecular weight is 232 g/mol. The van der Waals surface area contributed by atoms with Crippen molar-refractivity contribution in [3.63, 3.8) is 0 Å². The Labute approximate surface area is 97.5 Å². The summed E-state index contributed by atoms with van der Waals surface area (Å²) in [6, 6.07) is 4.90. The maximum absolute atomic E-state index is 10.8. The molecule has 0 saturated carbocycles. The van der Waals surface area contributed by atoms with E-state index in [4.69, 9.17) is 9.52 Å². The molecule has 0 bridgehead atoms. The van der Waals surface area contributed by atoms with Crippen LogP contribution in [0.2, 0.25) is 0 Å². The van der Waals surface area contributed by atoms with Crippen molar-refractivity contribution < 1.29 is 14.3 Å². The maximum atomic E-state index is 10.8. The van der Waals surface area contributed by atoms with Crippen molar-refractivity contribution in [2.24, 2.45) is 0 Å². The van der Waals surface area contributed by atoms with Crippen molar-refractivity contribution in [3.8, 4) is 0 Å². The Bertz CT molecular complexity index is 570. The topological polar surface area (TPSA) is 75.4 Å². The van der Waals surface area contributed by atoms with Gasteiger partial charge in [0.2, 0.25) is 5.89 Å². The molecule has 1 aliphatic heterocycles. The number of hydrogen-bond donors (Lipinski definition) is 2. The number of nitrogens with zero attached hydrogens (tertiary/aromatic N) is 1. The molecule has 2 aromatic rings. The number of rotatable bonds is 2. The summed E-state index contributed by atoms with van der Waals surface area (Å²) in [6.07, 6.45) is 2.13. The van der Waals surface area contributed by atoms with Crippen molar-refractivity contribution >= 4 is 17.1 Å². The molecule has 88 valence electrons. The summed E-state index contributed by atoms with van der Waals surface area (Å²) in [5.41, 5.74) is 1.46. The van der Waals surface area contributed by atoms with Crippen LogP contribution in [0.1, 0.15) is 35.1 Å². The number of oxazole rings is 1. The summed E-state index contributed by atoms with van der Waals surface area (Å²) in [6.45, 7) is 0.976. The normalized spacial score (nSPS) is 19.9. The van der Waals surface area contributed by atoms with Crippen LogP contribution in [0, 0.1) is 0 Å². The second kappa shape index (κ2) is 3.85. The van der Waals surface area contributed by atoms with Crippen LogP contribution < -0.4 is 5.32 Å². The molecule has 1 aromatic carbocycles. The van der Waals surface area contributed by atoms with Crippen molar-refractivity contribution in [3.05, 3.63) is 29.7 Å². The van der Waals surface area contributed by atoms with E-state index in [1.165, 1.54) is 6.07 Å². The summed E-state index contributed by atoms with van der Waals surface area (Å²) in [4.78, 5) is 15.2. The van der Waals surface area contributed by atoms with E-state index in [2.05, 4.69) is 10.3 Å². The molecule has 5 heteroatoms. The van der Waals surface area contributed by atoms with Crippen molar-refractivity contribution in [2.45, 2.75) is 18.9 Å². The highest BCUT2D eigenvalue weighted by Gasteiger charge is 2.21. The fraction of sp³-hybridized carbons (Fsp3) is 0.333. The first-order valence-electron chi connectivity index (χ1n) is 5.61. The number of aromatic nitrogens is 1. The molecule has 1 atom stereocenters. The largest absolute Gasteiger partial charge is 0.478 e. The van der Waals surface area contributed by atoms with Crippen LogP contribution in [0.25, 0.3) is 11.1 Å². The Hall–Kier alpha value is -1.88. The molecule has 2 N–H and O–H groups in total. The number of fused-ring (bicyclic) bond motifs is 1. The zero-order valence-corrected chi connectivity index (χ0v) is 9.14. The van der Waals surface area contributed by atoms with Gasteiger partial charge in [0.05, 0.1) is 11.6 Å². The standard InChI is InChI=1S/C12H12N2O3/c15-12(16)7-3-4-8-10(6-7)17-11(14-8)9-2-1-5-13-9/h3-4,6,9,13H,1-2,5H2,(H,15,16). The van der Waals surface area contributed by atoms with Crippen LogP contribution in [-0.4, -0.2) is 22.6 Å². The molecule has 3 rings (SSSR count). The number of carbonyl (C=O) groups is 1. The fourth-order valence-electron chi connectivity index (χ4n) is 2.12. The molecule has 0 aliphatic carbocycles. The number of aromatic carboxylic acids is 1. The van der Waals surface area contributed by atoms with E-state index in [9.17, 15) is 4.79 Å². The van der Waals surface area contributed by atoms with Gasteiger partial charge in [0.25, 0.3) is 0 Å². The monoisotopic (exact) mass is 232 g/mol. The van der Waals surface area contributed by atoms with Gasteiger partial charge >= 0.3 is 5.97 Å². The summed E-state index contributed by atoms with van der Waals surface area (Å²) in [5.74, 6) is -0.302. The summed E-state index contributed by atoms with van der Waals surface area (Å²) in [5, 5.41) is 12.2. The summed E-state index contributed by atoms with van der Waals surface area (Å²) in [7, 11) is 0. The summed E-state index contributed by atoms with van der Waals surface area (Å²) >= 11 is 0. The predicted molar refractivity (Wildman–Crippen MR) is 60.9 cm³/mol. The van der Waals surface area contributed by atoms with Gasteiger partial charge in [-0.25, -0.2) is 9.78 Å². The maximum Gasteiger partial charge on any atom is 0.335 e. The number of carboxylic acid groups (broad SMARTS) is 1. The molecule has 1 aliphatic rings. The van der Waals surface area contributed by atoms with Gasteiger partial charge in [-0.1, -0.05) is 0 Å². The Morgan fingerprint density at radius 1 is 1.53 bits per heavy atom. The second-order valence-electron chi connectivity index (χ2n) is 4.19. The van der Waals surface area contributed by atoms with E-state index in [-0.39, 0.29) is 11.6 Å². The van der Waals surface area contributed by atoms with Crippen LogP contribution in [0.5, 0.6) is 0 Å². The van der Waals surface area contributed by atoms with E-state index in [1.807, 2.05) is 0 Å². The van der Waals surface area contributed by atoms with Gasteiger partial charge in [0, 0.05) is 0 Å². The van der Waals surface area contributed by atoms with E-state index in [1.54, 1.807) is 12.1 Å². The highest BCUT2D eigenvalue weighted by molar-refractivity contribution is 5.91. The molecule has 0 amide bonds. The Kier molecular flexibility index (Phi) is 2.33. The zero-order valence-electron chi connectivity index (χ0n) is 9.14. The quantitative estimate of drug-likeness (QED) is 0.827. The third kappa shape index (κ3) is 1.78. The number of hydrogen-bond acceptors (Lipinski definition) is 4. The first kappa shape index (κ1) is 10.3. The number of carboxylic acids is 1. The molecule has 1 saturated heterocycles. The van der Waals surface area contributed by atoms with Gasteiger partial charge in [-0.15, -0.1) is 0 Å². The molecule has 1 fully saturated rings. The molecule has 0 radical (unpaired) electrons. The molecule has 0 spiro atoms. The smallest absolute Gasteiger partial charge is 0.335 e. The number of benzene rings is 1. The van der Waals surface area contributed by atoms with E-state index < -0.39 is 5.97 Å². The van der Waals surface area contributed by atoms with Gasteiger partial charge in [0.15, 0.2) is 5.58 Å². The highest BCUT2D eigenvalue weighted by atomic mass is 16.4. The third-order valence-electron chi connectivity index (χ3n) is 3.01. The minimum Gasteiger partial charge on any atom is -0.478 e. The van der Waals surface area contributed by atoms with Crippen molar-refractivity contribution in [1.29, 1.82) is 0 Å². The molecule has 1 aromatic heterocycles. The van der Waals surface area contributed by atoms with Crippen LogP contribution in [0.4, 0.5) is 0 Å².